The Labute approximate surface area is 196 Å². The summed E-state index contributed by atoms with van der Waals surface area (Å²) in [5.74, 6) is -0.167. The van der Waals surface area contributed by atoms with Gasteiger partial charge in [0.1, 0.15) is 11.6 Å². The lowest BCUT2D eigenvalue weighted by molar-refractivity contribution is 0.140. The van der Waals surface area contributed by atoms with Crippen LogP contribution >= 0.6 is 7.60 Å². The zero-order valence-corrected chi connectivity index (χ0v) is 19.4. The number of aromatic nitrogens is 4. The van der Waals surface area contributed by atoms with Crippen LogP contribution in [-0.2, 0) is 22.1 Å². The molecule has 1 unspecified atom stereocenters. The Morgan fingerprint density at radius 2 is 1.94 bits per heavy atom. The number of furan rings is 1. The minimum Gasteiger partial charge on any atom is -0.481 e. The second-order valence-corrected chi connectivity index (χ2v) is 10.2. The summed E-state index contributed by atoms with van der Waals surface area (Å²) in [6.07, 6.45) is 6.06. The number of nitrogens with zero attached hydrogens (tertiary/aromatic N) is 4. The summed E-state index contributed by atoms with van der Waals surface area (Å²) < 4.78 is 26.3. The minimum absolute atomic E-state index is 0.0513. The first-order valence-electron chi connectivity index (χ1n) is 11.3. The second kappa shape index (κ2) is 9.21. The van der Waals surface area contributed by atoms with Crippen molar-refractivity contribution in [2.75, 3.05) is 5.73 Å². The van der Waals surface area contributed by atoms with Gasteiger partial charge in [-0.2, -0.15) is 0 Å². The average Bonchev–Trinajstić information content (AvgIpc) is 3.40. The second-order valence-electron chi connectivity index (χ2n) is 8.44. The van der Waals surface area contributed by atoms with Crippen LogP contribution in [0.1, 0.15) is 37.7 Å². The van der Waals surface area contributed by atoms with Crippen molar-refractivity contribution in [1.82, 2.24) is 19.5 Å². The number of aromatic hydroxyl groups is 1. The number of anilines is 1. The molecule has 1 fully saturated rings. The summed E-state index contributed by atoms with van der Waals surface area (Å²) in [6, 6.07) is 11.0. The molecule has 0 saturated heterocycles. The predicted molar refractivity (Wildman–Crippen MR) is 127 cm³/mol. The average molecular weight is 483 g/mol. The molecule has 0 amide bonds. The molecule has 34 heavy (non-hydrogen) atoms. The highest BCUT2D eigenvalue weighted by Gasteiger charge is 2.36. The first kappa shape index (κ1) is 22.6. The van der Waals surface area contributed by atoms with Crippen LogP contribution in [0.15, 0.2) is 47.1 Å². The highest BCUT2D eigenvalue weighted by Crippen LogP contribution is 2.48. The van der Waals surface area contributed by atoms with E-state index in [1.54, 1.807) is 4.57 Å². The minimum atomic E-state index is -4.32. The molecule has 0 radical (unpaired) electrons. The molecule has 0 aliphatic heterocycles. The summed E-state index contributed by atoms with van der Waals surface area (Å²) in [4.78, 5) is 23.8. The molecule has 10 nitrogen and oxygen atoms in total. The number of nitrogens with two attached hydrogens (primary N) is 1. The van der Waals surface area contributed by atoms with Gasteiger partial charge in [0.25, 0.3) is 5.95 Å². The van der Waals surface area contributed by atoms with E-state index in [2.05, 4.69) is 15.0 Å². The van der Waals surface area contributed by atoms with Crippen molar-refractivity contribution in [3.8, 4) is 17.5 Å². The summed E-state index contributed by atoms with van der Waals surface area (Å²) in [6.45, 7) is 0.437. The van der Waals surface area contributed by atoms with Crippen LogP contribution < -0.4 is 11.0 Å². The van der Waals surface area contributed by atoms with Crippen LogP contribution in [0.5, 0.6) is 5.95 Å². The molecule has 1 aliphatic carbocycles. The van der Waals surface area contributed by atoms with Crippen LogP contribution in [0.2, 0.25) is 0 Å². The summed E-state index contributed by atoms with van der Waals surface area (Å²) in [5.41, 5.74) is 7.93. The Morgan fingerprint density at radius 3 is 2.71 bits per heavy atom. The zero-order valence-electron chi connectivity index (χ0n) is 18.5. The lowest BCUT2D eigenvalue weighted by Gasteiger charge is -2.24. The molecule has 4 N–H and O–H groups in total. The number of fused-ring (bicyclic) bond motifs is 1. The van der Waals surface area contributed by atoms with E-state index < -0.39 is 13.5 Å². The molecule has 1 aliphatic rings. The third-order valence-corrected chi connectivity index (χ3v) is 7.60. The fourth-order valence-corrected chi connectivity index (χ4v) is 5.80. The number of hydrogen-bond acceptors (Lipinski definition) is 8. The molecular formula is C23H26N5O5P. The van der Waals surface area contributed by atoms with Gasteiger partial charge < -0.3 is 29.2 Å². The monoisotopic (exact) mass is 483 g/mol. The van der Waals surface area contributed by atoms with Gasteiger partial charge in [-0.15, -0.1) is 0 Å². The summed E-state index contributed by atoms with van der Waals surface area (Å²) >= 11 is 0. The third kappa shape index (κ3) is 4.44. The lowest BCUT2D eigenvalue weighted by Crippen LogP contribution is -2.19. The van der Waals surface area contributed by atoms with Crippen molar-refractivity contribution < 1.29 is 23.5 Å². The fraction of sp³-hybridized carbons (Fsp3) is 0.348. The van der Waals surface area contributed by atoms with Gasteiger partial charge in [-0.1, -0.05) is 49.6 Å². The van der Waals surface area contributed by atoms with Gasteiger partial charge in [0.2, 0.25) is 0 Å². The molecule has 0 spiro atoms. The van der Waals surface area contributed by atoms with Crippen molar-refractivity contribution >= 4 is 29.9 Å². The van der Waals surface area contributed by atoms with Crippen molar-refractivity contribution in [2.24, 2.45) is 0 Å². The largest absolute Gasteiger partial charge is 0.481 e. The van der Waals surface area contributed by atoms with E-state index in [1.807, 2.05) is 30.3 Å². The number of aryl methyl sites for hydroxylation is 2. The van der Waals surface area contributed by atoms with Gasteiger partial charge in [-0.25, -0.2) is 15.0 Å². The van der Waals surface area contributed by atoms with Crippen molar-refractivity contribution in [3.63, 3.8) is 0 Å². The van der Waals surface area contributed by atoms with Crippen LogP contribution in [0.4, 0.5) is 5.82 Å². The SMILES string of the molecule is Nc1ncnc2c1nc(-c1oc(O)cc1P(=O)(O)OC1CCCCC1)n2CCc1ccccc1. The Bertz CT molecular complexity index is 1350. The first-order valence-corrected chi connectivity index (χ1v) is 12.9. The molecule has 0 bridgehead atoms. The molecule has 1 saturated carbocycles. The molecular weight excluding hydrogens is 457 g/mol. The maximum absolute atomic E-state index is 13.3. The molecule has 4 aromatic rings. The first-order chi connectivity index (χ1) is 16.4. The Hall–Kier alpha value is -3.20. The van der Waals surface area contributed by atoms with Gasteiger partial charge in [0, 0.05) is 12.6 Å². The van der Waals surface area contributed by atoms with Gasteiger partial charge in [0.15, 0.2) is 28.6 Å². The van der Waals surface area contributed by atoms with Gasteiger partial charge in [-0.05, 0) is 24.8 Å². The highest BCUT2D eigenvalue weighted by atomic mass is 31.2. The zero-order chi connectivity index (χ0) is 23.7. The molecule has 5 rings (SSSR count). The number of hydrogen-bond donors (Lipinski definition) is 3. The van der Waals surface area contributed by atoms with Crippen molar-refractivity contribution in [3.05, 3.63) is 48.3 Å². The quantitative estimate of drug-likeness (QED) is 0.334. The lowest BCUT2D eigenvalue weighted by atomic mass is 9.98. The molecule has 3 aromatic heterocycles. The van der Waals surface area contributed by atoms with Gasteiger partial charge >= 0.3 is 7.60 Å². The van der Waals surface area contributed by atoms with Gasteiger partial charge in [0.05, 0.1) is 6.10 Å². The Kier molecular flexibility index (Phi) is 6.12. The smallest absolute Gasteiger partial charge is 0.363 e. The van der Waals surface area contributed by atoms with Crippen LogP contribution in [0.3, 0.4) is 0 Å². The molecule has 11 heteroatoms. The number of rotatable bonds is 7. The van der Waals surface area contributed by atoms with Crippen molar-refractivity contribution in [2.45, 2.75) is 51.2 Å². The summed E-state index contributed by atoms with van der Waals surface area (Å²) in [5, 5.41) is 10.0. The van der Waals surface area contributed by atoms with Crippen LogP contribution in [-0.4, -0.2) is 35.6 Å². The van der Waals surface area contributed by atoms with E-state index in [0.717, 1.165) is 30.9 Å². The number of benzene rings is 1. The molecule has 1 atom stereocenters. The maximum atomic E-state index is 13.3. The topological polar surface area (TPSA) is 150 Å². The van der Waals surface area contributed by atoms with E-state index in [1.165, 1.54) is 6.33 Å². The number of imidazole rings is 1. The van der Waals surface area contributed by atoms with E-state index in [-0.39, 0.29) is 28.8 Å². The standard InChI is InChI=1S/C23H26N5O5P/c24-21-19-22(26-14-25-21)28(12-11-15-7-3-1-4-8-15)23(27-19)20-17(13-18(29)32-20)34(30,31)33-16-9-5-2-6-10-16/h1,3-4,7-8,13-14,16,29H,2,5-6,9-12H2,(H,30,31)(H2,24,25,26). The van der Waals surface area contributed by atoms with E-state index in [4.69, 9.17) is 14.7 Å². The number of nitrogen functional groups attached to an aromatic ring is 1. The fourth-order valence-electron chi connectivity index (χ4n) is 4.39. The van der Waals surface area contributed by atoms with Crippen LogP contribution in [0.25, 0.3) is 22.7 Å². The van der Waals surface area contributed by atoms with E-state index in [9.17, 15) is 14.6 Å². The van der Waals surface area contributed by atoms with E-state index in [0.29, 0.717) is 37.0 Å². The maximum Gasteiger partial charge on any atom is 0.363 e. The molecule has 1 aromatic carbocycles. The molecule has 3 heterocycles. The van der Waals surface area contributed by atoms with Crippen LogP contribution in [0, 0.1) is 0 Å². The normalized spacial score (nSPS) is 16.6. The predicted octanol–water partition coefficient (Wildman–Crippen LogP) is 3.78. The third-order valence-electron chi connectivity index (χ3n) is 6.08. The Balaban J connectivity index is 1.58. The Morgan fingerprint density at radius 1 is 1.18 bits per heavy atom. The summed E-state index contributed by atoms with van der Waals surface area (Å²) in [7, 11) is -4.32. The van der Waals surface area contributed by atoms with E-state index >= 15 is 0 Å². The molecule has 178 valence electrons. The van der Waals surface area contributed by atoms with Crippen molar-refractivity contribution in [1.29, 1.82) is 0 Å². The highest BCUT2D eigenvalue weighted by molar-refractivity contribution is 7.61. The van der Waals surface area contributed by atoms with Gasteiger partial charge in [-0.3, -0.25) is 4.57 Å².